The van der Waals surface area contributed by atoms with Crippen molar-refractivity contribution in [1.82, 2.24) is 9.38 Å². The van der Waals surface area contributed by atoms with E-state index in [0.717, 1.165) is 22.9 Å². The van der Waals surface area contributed by atoms with Crippen molar-refractivity contribution in [2.75, 3.05) is 18.7 Å². The number of benzene rings is 1. The van der Waals surface area contributed by atoms with E-state index in [4.69, 9.17) is 4.74 Å². The number of ether oxygens (including phenoxy) is 1. The molecule has 3 rings (SSSR count). The van der Waals surface area contributed by atoms with Gasteiger partial charge in [0.2, 0.25) is 5.88 Å². The summed E-state index contributed by atoms with van der Waals surface area (Å²) in [6, 6.07) is 8.32. The smallest absolute Gasteiger partial charge is 0.242 e. The lowest BCUT2D eigenvalue weighted by molar-refractivity contribution is 0.400. The molecule has 1 aromatic carbocycles. The predicted molar refractivity (Wildman–Crippen MR) is 91.4 cm³/mol. The summed E-state index contributed by atoms with van der Waals surface area (Å²) < 4.78 is 7.32. The molecule has 0 aliphatic rings. The Hall–Kier alpha value is -2.34. The van der Waals surface area contributed by atoms with Gasteiger partial charge in [0.1, 0.15) is 5.69 Å². The van der Waals surface area contributed by atoms with Crippen molar-refractivity contribution in [1.29, 1.82) is 0 Å². The lowest BCUT2D eigenvalue weighted by Crippen LogP contribution is -2.15. The fourth-order valence-corrected chi connectivity index (χ4v) is 2.94. The average molecular weight is 314 g/mol. The Balaban J connectivity index is 1.93. The standard InChI is InChI=1S/C16H18N4OS/c1-4-20(13-7-5-12(2)6-8-13)17-11-14-15(21-3)18-16-19(14)9-10-22-16/h5-11H,4H2,1-3H3/b17-11+. The first-order valence-electron chi connectivity index (χ1n) is 7.10. The highest BCUT2D eigenvalue weighted by Crippen LogP contribution is 2.22. The van der Waals surface area contributed by atoms with E-state index in [9.17, 15) is 0 Å². The second-order valence-corrected chi connectivity index (χ2v) is 5.73. The lowest BCUT2D eigenvalue weighted by atomic mass is 10.2. The molecule has 2 aromatic heterocycles. The van der Waals surface area contributed by atoms with Crippen LogP contribution in [0.5, 0.6) is 5.88 Å². The van der Waals surface area contributed by atoms with Crippen molar-refractivity contribution in [3.8, 4) is 5.88 Å². The Kier molecular flexibility index (Phi) is 4.11. The van der Waals surface area contributed by atoms with Gasteiger partial charge in [0, 0.05) is 18.1 Å². The minimum atomic E-state index is 0.593. The molecule has 0 aliphatic heterocycles. The van der Waals surface area contributed by atoms with E-state index in [1.807, 2.05) is 21.0 Å². The summed E-state index contributed by atoms with van der Waals surface area (Å²) >= 11 is 1.57. The number of methoxy groups -OCH3 is 1. The largest absolute Gasteiger partial charge is 0.479 e. The van der Waals surface area contributed by atoms with Crippen LogP contribution in [0.2, 0.25) is 0 Å². The highest BCUT2D eigenvalue weighted by molar-refractivity contribution is 7.15. The quantitative estimate of drug-likeness (QED) is 0.534. The molecule has 0 amide bonds. The third-order valence-electron chi connectivity index (χ3n) is 3.41. The topological polar surface area (TPSA) is 42.1 Å². The van der Waals surface area contributed by atoms with Crippen LogP contribution < -0.4 is 9.75 Å². The van der Waals surface area contributed by atoms with Gasteiger partial charge in [-0.15, -0.1) is 11.3 Å². The summed E-state index contributed by atoms with van der Waals surface area (Å²) in [5, 5.41) is 8.54. The summed E-state index contributed by atoms with van der Waals surface area (Å²) in [7, 11) is 1.63. The molecular weight excluding hydrogens is 296 g/mol. The molecule has 0 spiro atoms. The number of thiazole rings is 1. The first-order chi connectivity index (χ1) is 10.7. The Morgan fingerprint density at radius 1 is 1.36 bits per heavy atom. The molecule has 0 saturated heterocycles. The number of nitrogens with zero attached hydrogens (tertiary/aromatic N) is 4. The van der Waals surface area contributed by atoms with E-state index in [2.05, 4.69) is 48.2 Å². The van der Waals surface area contributed by atoms with E-state index in [0.29, 0.717) is 5.88 Å². The maximum atomic E-state index is 5.34. The number of aromatic nitrogens is 2. The highest BCUT2D eigenvalue weighted by Gasteiger charge is 2.12. The van der Waals surface area contributed by atoms with Crippen LogP contribution >= 0.6 is 11.3 Å². The molecule has 0 radical (unpaired) electrons. The average Bonchev–Trinajstić information content (AvgIpc) is 3.11. The van der Waals surface area contributed by atoms with Crippen LogP contribution in [0.3, 0.4) is 0 Å². The summed E-state index contributed by atoms with van der Waals surface area (Å²) in [5.41, 5.74) is 3.15. The van der Waals surface area contributed by atoms with Crippen LogP contribution in [0.25, 0.3) is 4.96 Å². The zero-order valence-corrected chi connectivity index (χ0v) is 13.7. The molecule has 114 valence electrons. The van der Waals surface area contributed by atoms with Crippen LogP contribution in [0, 0.1) is 6.92 Å². The third-order valence-corrected chi connectivity index (χ3v) is 4.17. The first-order valence-corrected chi connectivity index (χ1v) is 7.98. The van der Waals surface area contributed by atoms with Crippen molar-refractivity contribution in [2.45, 2.75) is 13.8 Å². The van der Waals surface area contributed by atoms with Crippen LogP contribution in [-0.2, 0) is 0 Å². The number of aryl methyl sites for hydroxylation is 1. The van der Waals surface area contributed by atoms with Gasteiger partial charge in [0.15, 0.2) is 4.96 Å². The Morgan fingerprint density at radius 2 is 2.14 bits per heavy atom. The van der Waals surface area contributed by atoms with Crippen molar-refractivity contribution >= 4 is 28.2 Å². The van der Waals surface area contributed by atoms with E-state index in [1.54, 1.807) is 24.7 Å². The molecule has 0 bridgehead atoms. The molecule has 22 heavy (non-hydrogen) atoms. The van der Waals surface area contributed by atoms with Gasteiger partial charge in [-0.25, -0.2) is 0 Å². The maximum Gasteiger partial charge on any atom is 0.242 e. The van der Waals surface area contributed by atoms with Crippen LogP contribution in [0.1, 0.15) is 18.2 Å². The van der Waals surface area contributed by atoms with Gasteiger partial charge >= 0.3 is 0 Å². The molecular formula is C16H18N4OS. The zero-order chi connectivity index (χ0) is 15.5. The van der Waals surface area contributed by atoms with E-state index < -0.39 is 0 Å². The molecule has 0 atom stereocenters. The van der Waals surface area contributed by atoms with Gasteiger partial charge < -0.3 is 4.74 Å². The number of hydrogen-bond donors (Lipinski definition) is 0. The van der Waals surface area contributed by atoms with Crippen LogP contribution in [0.4, 0.5) is 5.69 Å². The van der Waals surface area contributed by atoms with Crippen molar-refractivity contribution < 1.29 is 4.74 Å². The van der Waals surface area contributed by atoms with Gasteiger partial charge in [0.05, 0.1) is 19.0 Å². The van der Waals surface area contributed by atoms with Gasteiger partial charge in [-0.3, -0.25) is 9.41 Å². The molecule has 0 N–H and O–H groups in total. The SMILES string of the molecule is CCN(/N=C/c1c(OC)nc2sccn12)c1ccc(C)cc1. The Labute approximate surface area is 133 Å². The van der Waals surface area contributed by atoms with E-state index in [1.165, 1.54) is 5.56 Å². The fourth-order valence-electron chi connectivity index (χ4n) is 2.22. The molecule has 2 heterocycles. The minimum absolute atomic E-state index is 0.593. The second kappa shape index (κ2) is 6.19. The monoisotopic (exact) mass is 314 g/mol. The molecule has 0 fully saturated rings. The van der Waals surface area contributed by atoms with Crippen LogP contribution in [0.15, 0.2) is 40.9 Å². The minimum Gasteiger partial charge on any atom is -0.479 e. The van der Waals surface area contributed by atoms with Crippen molar-refractivity contribution in [3.63, 3.8) is 0 Å². The normalized spacial score (nSPS) is 11.4. The molecule has 0 aliphatic carbocycles. The van der Waals surface area contributed by atoms with E-state index >= 15 is 0 Å². The zero-order valence-electron chi connectivity index (χ0n) is 12.9. The number of hydrogen-bond acceptors (Lipinski definition) is 5. The molecule has 0 unspecified atom stereocenters. The van der Waals surface area contributed by atoms with Gasteiger partial charge in [0.25, 0.3) is 0 Å². The van der Waals surface area contributed by atoms with Gasteiger partial charge in [-0.1, -0.05) is 17.7 Å². The van der Waals surface area contributed by atoms with Crippen molar-refractivity contribution in [2.24, 2.45) is 5.10 Å². The number of anilines is 1. The number of imidazole rings is 1. The second-order valence-electron chi connectivity index (χ2n) is 4.86. The summed E-state index contributed by atoms with van der Waals surface area (Å²) in [5.74, 6) is 0.593. The predicted octanol–water partition coefficient (Wildman–Crippen LogP) is 3.57. The number of hydrazone groups is 1. The highest BCUT2D eigenvalue weighted by atomic mass is 32.1. The summed E-state index contributed by atoms with van der Waals surface area (Å²) in [4.78, 5) is 5.33. The van der Waals surface area contributed by atoms with Gasteiger partial charge in [-0.2, -0.15) is 10.1 Å². The van der Waals surface area contributed by atoms with Crippen LogP contribution in [-0.4, -0.2) is 29.3 Å². The third kappa shape index (κ3) is 2.69. The lowest BCUT2D eigenvalue weighted by Gasteiger charge is -2.16. The number of fused-ring (bicyclic) bond motifs is 1. The maximum absolute atomic E-state index is 5.34. The fraction of sp³-hybridized carbons (Fsp3) is 0.250. The summed E-state index contributed by atoms with van der Waals surface area (Å²) in [6.07, 6.45) is 3.77. The first kappa shape index (κ1) is 14.6. The van der Waals surface area contributed by atoms with Crippen molar-refractivity contribution in [3.05, 3.63) is 47.1 Å². The molecule has 0 saturated carbocycles. The summed E-state index contributed by atoms with van der Waals surface area (Å²) in [6.45, 7) is 4.94. The Bertz CT molecular complexity index is 788. The molecule has 3 aromatic rings. The van der Waals surface area contributed by atoms with Gasteiger partial charge in [-0.05, 0) is 26.0 Å². The Morgan fingerprint density at radius 3 is 2.82 bits per heavy atom. The molecule has 5 nitrogen and oxygen atoms in total. The number of rotatable bonds is 5. The molecule has 6 heteroatoms. The van der Waals surface area contributed by atoms with E-state index in [-0.39, 0.29) is 0 Å².